The molecule has 0 spiro atoms. The normalized spacial score (nSPS) is 9.20. The third-order valence-electron chi connectivity index (χ3n) is 1.55. The number of halogens is 2. The summed E-state index contributed by atoms with van der Waals surface area (Å²) >= 11 is 10.0. The van der Waals surface area contributed by atoms with Crippen molar-refractivity contribution < 1.29 is 9.59 Å². The van der Waals surface area contributed by atoms with E-state index in [-0.39, 0.29) is 9.39 Å². The van der Waals surface area contributed by atoms with E-state index in [0.717, 1.165) is 0 Å². The van der Waals surface area contributed by atoms with Crippen LogP contribution >= 0.6 is 44.1 Å². The Morgan fingerprint density at radius 2 is 1.60 bits per heavy atom. The minimum absolute atomic E-state index is 0.320. The summed E-state index contributed by atoms with van der Waals surface area (Å²) < 4.78 is -0.641. The molecule has 1 rings (SSSR count). The van der Waals surface area contributed by atoms with E-state index in [9.17, 15) is 9.59 Å². The number of carbonyl (C=O) groups excluding carboxylic acids is 2. The molecule has 0 N–H and O–H groups in total. The van der Waals surface area contributed by atoms with Crippen LogP contribution in [0.25, 0.3) is 0 Å². The van der Waals surface area contributed by atoms with Crippen LogP contribution in [0.4, 0.5) is 5.69 Å². The van der Waals surface area contributed by atoms with Crippen LogP contribution in [0.2, 0.25) is 0 Å². The molecule has 0 aliphatic rings. The number of benzene rings is 1. The fraction of sp³-hybridized carbons (Fsp3) is 0. The number of thiocarbonyl (C=S) groups is 1. The molecule has 0 saturated heterocycles. The average Bonchev–Trinajstić information content (AvgIpc) is 2.17. The first-order chi connectivity index (χ1) is 7.04. The summed E-state index contributed by atoms with van der Waals surface area (Å²) in [7, 11) is 0. The Labute approximate surface area is 108 Å². The zero-order chi connectivity index (χ0) is 11.4. The molecule has 0 aromatic heterocycles. The van der Waals surface area contributed by atoms with Gasteiger partial charge >= 0.3 is 0 Å². The molecule has 0 unspecified atom stereocenters. The average molecular weight is 349 g/mol. The Morgan fingerprint density at radius 1 is 1.13 bits per heavy atom. The van der Waals surface area contributed by atoms with Gasteiger partial charge in [0.2, 0.25) is 9.39 Å². The lowest BCUT2D eigenvalue weighted by atomic mass is 10.1. The Bertz CT molecular complexity index is 419. The summed E-state index contributed by atoms with van der Waals surface area (Å²) in [5.41, 5.74) is 1.09. The van der Waals surface area contributed by atoms with E-state index >= 15 is 0 Å². The minimum Gasteiger partial charge on any atom is -0.281 e. The van der Waals surface area contributed by atoms with Gasteiger partial charge in [-0.25, -0.2) is 0 Å². The highest BCUT2D eigenvalue weighted by atomic mass is 79.9. The number of hydrogen-bond acceptors (Lipinski definition) is 4. The lowest BCUT2D eigenvalue weighted by molar-refractivity contribution is 0.109. The molecule has 0 aliphatic heterocycles. The van der Waals surface area contributed by atoms with Gasteiger partial charge in [0.15, 0.2) is 0 Å². The summed E-state index contributed by atoms with van der Waals surface area (Å²) in [5.74, 6) is 0. The van der Waals surface area contributed by atoms with Gasteiger partial charge in [-0.05, 0) is 62.3 Å². The highest BCUT2D eigenvalue weighted by molar-refractivity contribution is 9.18. The summed E-state index contributed by atoms with van der Waals surface area (Å²) in [6.07, 6.45) is 0. The van der Waals surface area contributed by atoms with E-state index in [1.807, 2.05) is 0 Å². The second-order valence-corrected chi connectivity index (χ2v) is 4.14. The van der Waals surface area contributed by atoms with Crippen LogP contribution in [0.15, 0.2) is 23.2 Å². The van der Waals surface area contributed by atoms with Crippen LogP contribution in [0, 0.1) is 0 Å². The second kappa shape index (κ2) is 5.42. The molecule has 0 fully saturated rings. The number of rotatable bonds is 3. The summed E-state index contributed by atoms with van der Waals surface area (Å²) in [5, 5.41) is 2.17. The first-order valence-corrected chi connectivity index (χ1v) is 5.66. The fourth-order valence-corrected chi connectivity index (χ4v) is 1.52. The van der Waals surface area contributed by atoms with Crippen molar-refractivity contribution in [3.8, 4) is 0 Å². The molecule has 15 heavy (non-hydrogen) atoms. The molecule has 0 atom stereocenters. The summed E-state index contributed by atoms with van der Waals surface area (Å²) in [6, 6.07) is 4.47. The standard InChI is InChI=1S/C9H3Br2NO2S/c10-8(13)5-1-6(9(11)14)3-7(2-5)12-4-15/h1-3H. The molecular weight excluding hydrogens is 346 g/mol. The van der Waals surface area contributed by atoms with Gasteiger partial charge in [-0.1, -0.05) is 0 Å². The van der Waals surface area contributed by atoms with Crippen LogP contribution in [0.5, 0.6) is 0 Å². The van der Waals surface area contributed by atoms with E-state index in [4.69, 9.17) is 0 Å². The van der Waals surface area contributed by atoms with E-state index in [1.165, 1.54) is 18.2 Å². The van der Waals surface area contributed by atoms with Gasteiger partial charge in [0, 0.05) is 11.1 Å². The van der Waals surface area contributed by atoms with Crippen molar-refractivity contribution in [2.75, 3.05) is 0 Å². The van der Waals surface area contributed by atoms with Crippen LogP contribution in [0.1, 0.15) is 20.7 Å². The van der Waals surface area contributed by atoms with E-state index in [0.29, 0.717) is 16.8 Å². The number of aliphatic imine (C=N–C) groups is 1. The Kier molecular flexibility index (Phi) is 4.47. The van der Waals surface area contributed by atoms with Crippen LogP contribution in [0.3, 0.4) is 0 Å². The van der Waals surface area contributed by atoms with Crippen molar-refractivity contribution in [1.29, 1.82) is 0 Å². The molecule has 76 valence electrons. The number of hydrogen-bond donors (Lipinski definition) is 0. The Hall–Kier alpha value is -0.680. The zero-order valence-electron chi connectivity index (χ0n) is 7.16. The maximum atomic E-state index is 11.1. The molecule has 0 radical (unpaired) electrons. The predicted molar refractivity (Wildman–Crippen MR) is 67.6 cm³/mol. The first-order valence-electron chi connectivity index (χ1n) is 3.67. The molecule has 0 amide bonds. The van der Waals surface area contributed by atoms with E-state index in [2.05, 4.69) is 54.2 Å². The fourth-order valence-electron chi connectivity index (χ4n) is 0.955. The molecule has 1 aromatic rings. The highest BCUT2D eigenvalue weighted by Crippen LogP contribution is 2.21. The molecule has 1 aromatic carbocycles. The molecule has 0 heterocycles. The van der Waals surface area contributed by atoms with Gasteiger partial charge in [-0.3, -0.25) is 9.59 Å². The summed E-state index contributed by atoms with van der Waals surface area (Å²) in [6.45, 7) is 0. The lowest BCUT2D eigenvalue weighted by Gasteiger charge is -1.99. The minimum atomic E-state index is -0.320. The molecular formula is C9H3Br2NO2S. The van der Waals surface area contributed by atoms with Crippen molar-refractivity contribution in [1.82, 2.24) is 0 Å². The van der Waals surface area contributed by atoms with Gasteiger partial charge in [-0.2, -0.15) is 4.99 Å². The largest absolute Gasteiger partial charge is 0.281 e. The molecule has 6 heteroatoms. The lowest BCUT2D eigenvalue weighted by Crippen LogP contribution is -1.93. The van der Waals surface area contributed by atoms with Gasteiger partial charge in [-0.15, -0.1) is 0 Å². The maximum absolute atomic E-state index is 11.1. The molecule has 0 aliphatic carbocycles. The number of nitrogens with zero attached hydrogens (tertiary/aromatic N) is 1. The Balaban J connectivity index is 3.38. The van der Waals surface area contributed by atoms with E-state index in [1.54, 1.807) is 0 Å². The number of carbonyl (C=O) groups is 2. The van der Waals surface area contributed by atoms with Gasteiger partial charge in [0.25, 0.3) is 0 Å². The van der Waals surface area contributed by atoms with E-state index < -0.39 is 0 Å². The van der Waals surface area contributed by atoms with Gasteiger partial charge < -0.3 is 0 Å². The predicted octanol–water partition coefficient (Wildman–Crippen LogP) is 3.49. The monoisotopic (exact) mass is 347 g/mol. The smallest absolute Gasteiger partial charge is 0.228 e. The maximum Gasteiger partial charge on any atom is 0.228 e. The highest BCUT2D eigenvalue weighted by Gasteiger charge is 2.09. The third kappa shape index (κ3) is 3.43. The van der Waals surface area contributed by atoms with Crippen LogP contribution < -0.4 is 0 Å². The van der Waals surface area contributed by atoms with Crippen molar-refractivity contribution in [3.05, 3.63) is 29.3 Å². The van der Waals surface area contributed by atoms with Crippen molar-refractivity contribution >= 4 is 64.3 Å². The van der Waals surface area contributed by atoms with Crippen LogP contribution in [-0.4, -0.2) is 14.5 Å². The molecule has 3 nitrogen and oxygen atoms in total. The quantitative estimate of drug-likeness (QED) is 0.477. The third-order valence-corrected chi connectivity index (χ3v) is 2.55. The Morgan fingerprint density at radius 3 is 1.93 bits per heavy atom. The topological polar surface area (TPSA) is 46.5 Å². The van der Waals surface area contributed by atoms with Crippen molar-refractivity contribution in [2.45, 2.75) is 0 Å². The van der Waals surface area contributed by atoms with Crippen LogP contribution in [-0.2, 0) is 0 Å². The first kappa shape index (κ1) is 12.4. The molecule has 0 bridgehead atoms. The van der Waals surface area contributed by atoms with Crippen molar-refractivity contribution in [3.63, 3.8) is 0 Å². The number of isothiocyanates is 1. The second-order valence-electron chi connectivity index (χ2n) is 2.52. The zero-order valence-corrected chi connectivity index (χ0v) is 11.1. The SMILES string of the molecule is O=C(Br)c1cc(N=C=S)cc(C(=O)Br)c1. The van der Waals surface area contributed by atoms with Gasteiger partial charge in [0.1, 0.15) is 0 Å². The van der Waals surface area contributed by atoms with Gasteiger partial charge in [0.05, 0.1) is 10.8 Å². The van der Waals surface area contributed by atoms with Crippen molar-refractivity contribution in [2.24, 2.45) is 4.99 Å². The summed E-state index contributed by atoms with van der Waals surface area (Å²) in [4.78, 5) is 25.9. The molecule has 0 saturated carbocycles.